The van der Waals surface area contributed by atoms with Gasteiger partial charge in [-0.15, -0.1) is 0 Å². The molecule has 0 aromatic heterocycles. The number of para-hydroxylation sites is 1. The maximum Gasteiger partial charge on any atom is 0.120 e. The largest absolute Gasteiger partial charge is 0.508 e. The average molecular weight is 284 g/mol. The number of nitrogens with two attached hydrogens (primary N) is 1. The van der Waals surface area contributed by atoms with Gasteiger partial charge in [-0.05, 0) is 25.5 Å². The highest BCUT2D eigenvalue weighted by Crippen LogP contribution is 2.30. The lowest BCUT2D eigenvalue weighted by Crippen LogP contribution is -2.38. The van der Waals surface area contributed by atoms with E-state index in [0.29, 0.717) is 18.3 Å². The van der Waals surface area contributed by atoms with E-state index in [4.69, 9.17) is 5.73 Å². The fraction of sp³-hybridized carbons (Fsp3) is 0.333. The third-order valence-electron chi connectivity index (χ3n) is 3.79. The predicted molar refractivity (Wildman–Crippen MR) is 87.0 cm³/mol. The van der Waals surface area contributed by atoms with Crippen molar-refractivity contribution >= 4 is 0 Å². The second-order valence-electron chi connectivity index (χ2n) is 5.56. The molecule has 0 fully saturated rings. The van der Waals surface area contributed by atoms with E-state index in [1.165, 1.54) is 5.56 Å². The first kappa shape index (κ1) is 15.5. The Hall–Kier alpha value is -1.84. The molecule has 0 amide bonds. The first-order valence-electron chi connectivity index (χ1n) is 7.41. The number of rotatable bonds is 6. The predicted octanol–water partition coefficient (Wildman–Crippen LogP) is 3.30. The van der Waals surface area contributed by atoms with Crippen LogP contribution < -0.4 is 5.73 Å². The first-order valence-corrected chi connectivity index (χ1v) is 7.41. The van der Waals surface area contributed by atoms with Crippen molar-refractivity contribution < 1.29 is 5.11 Å². The summed E-state index contributed by atoms with van der Waals surface area (Å²) in [5, 5.41) is 10.1. The van der Waals surface area contributed by atoms with Crippen molar-refractivity contribution in [1.29, 1.82) is 0 Å². The molecule has 112 valence electrons. The number of hydrogen-bond donors (Lipinski definition) is 2. The van der Waals surface area contributed by atoms with E-state index in [-0.39, 0.29) is 6.04 Å². The van der Waals surface area contributed by atoms with Gasteiger partial charge in [0, 0.05) is 24.7 Å². The van der Waals surface area contributed by atoms with E-state index in [9.17, 15) is 5.11 Å². The molecule has 0 spiro atoms. The van der Waals surface area contributed by atoms with Crippen LogP contribution in [-0.4, -0.2) is 22.6 Å². The topological polar surface area (TPSA) is 49.5 Å². The fourth-order valence-electron chi connectivity index (χ4n) is 2.66. The number of nitrogens with zero attached hydrogens (tertiary/aromatic N) is 1. The summed E-state index contributed by atoms with van der Waals surface area (Å²) in [4.78, 5) is 2.32. The van der Waals surface area contributed by atoms with Crippen molar-refractivity contribution in [3.8, 4) is 5.75 Å². The summed E-state index contributed by atoms with van der Waals surface area (Å²) < 4.78 is 0. The Kier molecular flexibility index (Phi) is 5.37. The Morgan fingerprint density at radius 1 is 1.00 bits per heavy atom. The van der Waals surface area contributed by atoms with E-state index >= 15 is 0 Å². The molecule has 21 heavy (non-hydrogen) atoms. The zero-order chi connectivity index (χ0) is 15.2. The van der Waals surface area contributed by atoms with E-state index in [0.717, 1.165) is 12.1 Å². The van der Waals surface area contributed by atoms with E-state index in [2.05, 4.69) is 30.9 Å². The molecule has 1 unspecified atom stereocenters. The van der Waals surface area contributed by atoms with Gasteiger partial charge in [0.1, 0.15) is 5.75 Å². The van der Waals surface area contributed by atoms with Crippen LogP contribution in [0.5, 0.6) is 5.75 Å². The second-order valence-corrected chi connectivity index (χ2v) is 5.56. The molecule has 3 N–H and O–H groups in total. The molecule has 0 aliphatic carbocycles. The Labute approximate surface area is 127 Å². The summed E-state index contributed by atoms with van der Waals surface area (Å²) in [6.07, 6.45) is 0. The summed E-state index contributed by atoms with van der Waals surface area (Å²) in [6, 6.07) is 18.1. The lowest BCUT2D eigenvalue weighted by atomic mass is 10.0. The highest BCUT2D eigenvalue weighted by molar-refractivity contribution is 5.35. The standard InChI is InChI=1S/C18H24N2O/c1-14(2)20(13-15-8-4-3-5-9-15)17(12-19)16-10-6-7-11-18(16)21/h3-11,14,17,21H,12-13,19H2,1-2H3. The smallest absolute Gasteiger partial charge is 0.120 e. The SMILES string of the molecule is CC(C)N(Cc1ccccc1)C(CN)c1ccccc1O. The minimum Gasteiger partial charge on any atom is -0.508 e. The molecule has 3 nitrogen and oxygen atoms in total. The molecular weight excluding hydrogens is 260 g/mol. The van der Waals surface area contributed by atoms with Crippen LogP contribution >= 0.6 is 0 Å². The minimum atomic E-state index is 0.00593. The monoisotopic (exact) mass is 284 g/mol. The molecule has 0 heterocycles. The van der Waals surface area contributed by atoms with Crippen LogP contribution in [0.1, 0.15) is 31.0 Å². The minimum absolute atomic E-state index is 0.00593. The van der Waals surface area contributed by atoms with Crippen LogP contribution in [0.3, 0.4) is 0 Å². The van der Waals surface area contributed by atoms with Crippen molar-refractivity contribution in [2.24, 2.45) is 5.73 Å². The number of phenolic OH excluding ortho intramolecular Hbond substituents is 1. The van der Waals surface area contributed by atoms with Gasteiger partial charge < -0.3 is 10.8 Å². The Morgan fingerprint density at radius 2 is 1.62 bits per heavy atom. The van der Waals surface area contributed by atoms with Crippen LogP contribution in [0.15, 0.2) is 54.6 Å². The van der Waals surface area contributed by atoms with Crippen molar-refractivity contribution in [2.75, 3.05) is 6.54 Å². The highest BCUT2D eigenvalue weighted by Gasteiger charge is 2.23. The molecule has 0 radical (unpaired) electrons. The average Bonchev–Trinajstić information content (AvgIpc) is 2.49. The van der Waals surface area contributed by atoms with Gasteiger partial charge in [0.05, 0.1) is 6.04 Å². The molecule has 0 aliphatic rings. The van der Waals surface area contributed by atoms with Gasteiger partial charge in [-0.3, -0.25) is 4.90 Å². The van der Waals surface area contributed by atoms with Crippen LogP contribution in [0.2, 0.25) is 0 Å². The van der Waals surface area contributed by atoms with Gasteiger partial charge in [-0.25, -0.2) is 0 Å². The Balaban J connectivity index is 2.29. The summed E-state index contributed by atoms with van der Waals surface area (Å²) >= 11 is 0. The maximum atomic E-state index is 10.1. The lowest BCUT2D eigenvalue weighted by Gasteiger charge is -2.35. The summed E-state index contributed by atoms with van der Waals surface area (Å²) in [7, 11) is 0. The number of aromatic hydroxyl groups is 1. The van der Waals surface area contributed by atoms with Crippen LogP contribution in [-0.2, 0) is 6.54 Å². The number of benzene rings is 2. The molecule has 3 heteroatoms. The van der Waals surface area contributed by atoms with Crippen molar-refractivity contribution in [3.63, 3.8) is 0 Å². The molecule has 2 rings (SSSR count). The van der Waals surface area contributed by atoms with Crippen molar-refractivity contribution in [1.82, 2.24) is 4.90 Å². The van der Waals surface area contributed by atoms with E-state index < -0.39 is 0 Å². The summed E-state index contributed by atoms with van der Waals surface area (Å²) in [5.74, 6) is 0.312. The van der Waals surface area contributed by atoms with Crippen LogP contribution in [0, 0.1) is 0 Å². The summed E-state index contributed by atoms with van der Waals surface area (Å²) in [5.41, 5.74) is 8.16. The Morgan fingerprint density at radius 3 is 2.19 bits per heavy atom. The normalized spacial score (nSPS) is 12.8. The molecule has 2 aromatic rings. The zero-order valence-electron chi connectivity index (χ0n) is 12.7. The van der Waals surface area contributed by atoms with Gasteiger partial charge in [-0.1, -0.05) is 48.5 Å². The number of phenols is 1. The van der Waals surface area contributed by atoms with Gasteiger partial charge >= 0.3 is 0 Å². The fourth-order valence-corrected chi connectivity index (χ4v) is 2.66. The third kappa shape index (κ3) is 3.84. The second kappa shape index (κ2) is 7.25. The molecule has 0 saturated carbocycles. The van der Waals surface area contributed by atoms with E-state index in [1.807, 2.05) is 36.4 Å². The van der Waals surface area contributed by atoms with Crippen LogP contribution in [0.4, 0.5) is 0 Å². The highest BCUT2D eigenvalue weighted by atomic mass is 16.3. The van der Waals surface area contributed by atoms with Crippen molar-refractivity contribution in [2.45, 2.75) is 32.5 Å². The number of hydrogen-bond acceptors (Lipinski definition) is 3. The third-order valence-corrected chi connectivity index (χ3v) is 3.79. The first-order chi connectivity index (χ1) is 10.1. The zero-order valence-corrected chi connectivity index (χ0v) is 12.7. The molecule has 0 saturated heterocycles. The maximum absolute atomic E-state index is 10.1. The summed E-state index contributed by atoms with van der Waals surface area (Å²) in [6.45, 7) is 5.61. The van der Waals surface area contributed by atoms with Gasteiger partial charge in [0.15, 0.2) is 0 Å². The Bertz CT molecular complexity index is 554. The van der Waals surface area contributed by atoms with Gasteiger partial charge in [0.2, 0.25) is 0 Å². The quantitative estimate of drug-likeness (QED) is 0.855. The van der Waals surface area contributed by atoms with Crippen molar-refractivity contribution in [3.05, 3.63) is 65.7 Å². The van der Waals surface area contributed by atoms with E-state index in [1.54, 1.807) is 6.07 Å². The lowest BCUT2D eigenvalue weighted by molar-refractivity contribution is 0.145. The molecule has 0 bridgehead atoms. The molecule has 0 aliphatic heterocycles. The van der Waals surface area contributed by atoms with Gasteiger partial charge in [-0.2, -0.15) is 0 Å². The van der Waals surface area contributed by atoms with Gasteiger partial charge in [0.25, 0.3) is 0 Å². The molecular formula is C18H24N2O. The molecule has 2 aromatic carbocycles. The molecule has 1 atom stereocenters. The van der Waals surface area contributed by atoms with Crippen LogP contribution in [0.25, 0.3) is 0 Å².